The molecular weight excluding hydrogens is 304 g/mol. The highest BCUT2D eigenvalue weighted by Crippen LogP contribution is 2.35. The summed E-state index contributed by atoms with van der Waals surface area (Å²) in [5, 5.41) is 2.88. The number of nitrogens with zero attached hydrogens (tertiary/aromatic N) is 1. The van der Waals surface area contributed by atoms with Gasteiger partial charge < -0.3 is 5.32 Å². The van der Waals surface area contributed by atoms with Crippen molar-refractivity contribution in [3.63, 3.8) is 0 Å². The summed E-state index contributed by atoms with van der Waals surface area (Å²) in [6.45, 7) is 2.19. The first-order valence-electron chi connectivity index (χ1n) is 8.49. The van der Waals surface area contributed by atoms with Crippen LogP contribution in [0, 0.1) is 11.8 Å². The molecular formula is C19H22N2O3. The average Bonchev–Trinajstić information content (AvgIpc) is 2.85. The van der Waals surface area contributed by atoms with E-state index in [9.17, 15) is 14.4 Å². The molecule has 0 saturated carbocycles. The largest absolute Gasteiger partial charge is 0.326 e. The minimum absolute atomic E-state index is 0.127. The lowest BCUT2D eigenvalue weighted by atomic mass is 9.85. The van der Waals surface area contributed by atoms with Gasteiger partial charge in [-0.25, -0.2) is 0 Å². The fourth-order valence-corrected chi connectivity index (χ4v) is 3.47. The number of benzene rings is 1. The lowest BCUT2D eigenvalue weighted by Crippen LogP contribution is -2.34. The van der Waals surface area contributed by atoms with Crippen LogP contribution in [0.3, 0.4) is 0 Å². The molecule has 2 aliphatic rings. The third-order valence-electron chi connectivity index (χ3n) is 4.83. The number of carbonyl (C=O) groups excluding carboxylic acids is 3. The number of hydrogen-bond acceptors (Lipinski definition) is 3. The van der Waals surface area contributed by atoms with Crippen molar-refractivity contribution in [2.24, 2.45) is 11.8 Å². The van der Waals surface area contributed by atoms with E-state index < -0.39 is 0 Å². The minimum Gasteiger partial charge on any atom is -0.326 e. The molecule has 1 aliphatic carbocycles. The Hall–Kier alpha value is -2.43. The number of fused-ring (bicyclic) bond motifs is 1. The highest BCUT2D eigenvalue weighted by atomic mass is 16.2. The lowest BCUT2D eigenvalue weighted by molar-refractivity contribution is -0.140. The Bertz CT molecular complexity index is 670. The van der Waals surface area contributed by atoms with Crippen molar-refractivity contribution in [1.29, 1.82) is 0 Å². The van der Waals surface area contributed by atoms with Crippen LogP contribution >= 0.6 is 0 Å². The van der Waals surface area contributed by atoms with Gasteiger partial charge in [-0.05, 0) is 30.9 Å². The van der Waals surface area contributed by atoms with Gasteiger partial charge in [0.1, 0.15) is 0 Å². The zero-order valence-electron chi connectivity index (χ0n) is 13.8. The summed E-state index contributed by atoms with van der Waals surface area (Å²) in [6, 6.07) is 7.65. The SMILES string of the molecule is CCc1ccccc1NC(=O)CCN1C(=O)[C@@H]2CC=CC[C@H]2C1=O. The third-order valence-corrected chi connectivity index (χ3v) is 4.83. The third kappa shape index (κ3) is 3.11. The number of likely N-dealkylation sites (tertiary alicyclic amines) is 1. The number of anilines is 1. The molecule has 3 amide bonds. The molecule has 1 fully saturated rings. The maximum atomic E-state index is 12.4. The number of aryl methyl sites for hydroxylation is 1. The van der Waals surface area contributed by atoms with Gasteiger partial charge in [-0.1, -0.05) is 37.3 Å². The summed E-state index contributed by atoms with van der Waals surface area (Å²) >= 11 is 0. The monoisotopic (exact) mass is 326 g/mol. The number of allylic oxidation sites excluding steroid dienone is 2. The Morgan fingerprint density at radius 3 is 2.38 bits per heavy atom. The molecule has 5 heteroatoms. The Kier molecular flexibility index (Phi) is 4.79. The number of carbonyl (C=O) groups is 3. The topological polar surface area (TPSA) is 66.5 Å². The predicted molar refractivity (Wildman–Crippen MR) is 91.1 cm³/mol. The van der Waals surface area contributed by atoms with Gasteiger partial charge in [-0.2, -0.15) is 0 Å². The number of rotatable bonds is 5. The maximum absolute atomic E-state index is 12.4. The number of nitrogens with one attached hydrogen (secondary N) is 1. The van der Waals surface area contributed by atoms with Crippen LogP contribution in [0.25, 0.3) is 0 Å². The Morgan fingerprint density at radius 2 is 1.75 bits per heavy atom. The van der Waals surface area contributed by atoms with Crippen LogP contribution in [0.5, 0.6) is 0 Å². The van der Waals surface area contributed by atoms with E-state index >= 15 is 0 Å². The van der Waals surface area contributed by atoms with Crippen molar-refractivity contribution in [1.82, 2.24) is 4.90 Å². The smallest absolute Gasteiger partial charge is 0.233 e. The molecule has 1 aromatic carbocycles. The van der Waals surface area contributed by atoms with E-state index in [4.69, 9.17) is 0 Å². The van der Waals surface area contributed by atoms with Crippen LogP contribution in [0.4, 0.5) is 5.69 Å². The van der Waals surface area contributed by atoms with Crippen LogP contribution in [-0.4, -0.2) is 29.2 Å². The molecule has 1 aromatic rings. The quantitative estimate of drug-likeness (QED) is 0.668. The molecule has 1 N–H and O–H groups in total. The number of amides is 3. The normalized spacial score (nSPS) is 22.6. The summed E-state index contributed by atoms with van der Waals surface area (Å²) in [5.74, 6) is -0.894. The van der Waals surface area contributed by atoms with E-state index in [0.717, 1.165) is 17.7 Å². The van der Waals surface area contributed by atoms with Gasteiger partial charge in [0.2, 0.25) is 17.7 Å². The Labute approximate surface area is 141 Å². The molecule has 0 radical (unpaired) electrons. The second kappa shape index (κ2) is 6.99. The fourth-order valence-electron chi connectivity index (χ4n) is 3.47. The van der Waals surface area contributed by atoms with E-state index in [1.807, 2.05) is 43.3 Å². The van der Waals surface area contributed by atoms with E-state index in [1.165, 1.54) is 4.90 Å². The van der Waals surface area contributed by atoms with Gasteiger partial charge >= 0.3 is 0 Å². The maximum Gasteiger partial charge on any atom is 0.233 e. The standard InChI is InChI=1S/C19H22N2O3/c1-2-13-7-3-6-10-16(13)20-17(22)11-12-21-18(23)14-8-4-5-9-15(14)19(21)24/h3-7,10,14-15H,2,8-9,11-12H2,1H3,(H,20,22)/t14-,15-/m1/s1. The molecule has 3 rings (SSSR count). The zero-order valence-corrected chi connectivity index (χ0v) is 13.8. The molecule has 126 valence electrons. The van der Waals surface area contributed by atoms with Crippen LogP contribution in [0.15, 0.2) is 36.4 Å². The van der Waals surface area contributed by atoms with Crippen molar-refractivity contribution < 1.29 is 14.4 Å². The van der Waals surface area contributed by atoms with Gasteiger partial charge in [-0.15, -0.1) is 0 Å². The van der Waals surface area contributed by atoms with Crippen molar-refractivity contribution >= 4 is 23.4 Å². The highest BCUT2D eigenvalue weighted by Gasteiger charge is 2.46. The van der Waals surface area contributed by atoms with E-state index in [2.05, 4.69) is 5.32 Å². The lowest BCUT2D eigenvalue weighted by Gasteiger charge is -2.15. The van der Waals surface area contributed by atoms with Crippen molar-refractivity contribution in [3.8, 4) is 0 Å². The van der Waals surface area contributed by atoms with Crippen molar-refractivity contribution in [2.45, 2.75) is 32.6 Å². The summed E-state index contributed by atoms with van der Waals surface area (Å²) in [5.41, 5.74) is 1.86. The van der Waals surface area contributed by atoms with Crippen molar-refractivity contribution in [3.05, 3.63) is 42.0 Å². The first-order chi connectivity index (χ1) is 11.6. The molecule has 1 saturated heterocycles. The van der Waals surface area contributed by atoms with Crippen LogP contribution in [0.1, 0.15) is 31.7 Å². The predicted octanol–water partition coefficient (Wildman–Crippen LogP) is 2.53. The van der Waals surface area contributed by atoms with Gasteiger partial charge in [0.05, 0.1) is 11.8 Å². The molecule has 0 bridgehead atoms. The van der Waals surface area contributed by atoms with E-state index in [1.54, 1.807) is 0 Å². The summed E-state index contributed by atoms with van der Waals surface area (Å²) in [6.07, 6.45) is 6.14. The summed E-state index contributed by atoms with van der Waals surface area (Å²) < 4.78 is 0. The Morgan fingerprint density at radius 1 is 1.12 bits per heavy atom. The molecule has 24 heavy (non-hydrogen) atoms. The van der Waals surface area contributed by atoms with Gasteiger partial charge in [-0.3, -0.25) is 19.3 Å². The van der Waals surface area contributed by atoms with Gasteiger partial charge in [0, 0.05) is 18.7 Å². The number of hydrogen-bond donors (Lipinski definition) is 1. The van der Waals surface area contributed by atoms with Crippen LogP contribution in [0.2, 0.25) is 0 Å². The highest BCUT2D eigenvalue weighted by molar-refractivity contribution is 6.05. The van der Waals surface area contributed by atoms with Gasteiger partial charge in [0.25, 0.3) is 0 Å². The molecule has 5 nitrogen and oxygen atoms in total. The molecule has 0 aromatic heterocycles. The van der Waals surface area contributed by atoms with E-state index in [0.29, 0.717) is 12.8 Å². The molecule has 1 aliphatic heterocycles. The van der Waals surface area contributed by atoms with Gasteiger partial charge in [0.15, 0.2) is 0 Å². The second-order valence-corrected chi connectivity index (χ2v) is 6.29. The molecule has 1 heterocycles. The molecule has 2 atom stereocenters. The van der Waals surface area contributed by atoms with Crippen LogP contribution < -0.4 is 5.32 Å². The number of imide groups is 1. The second-order valence-electron chi connectivity index (χ2n) is 6.29. The Balaban J connectivity index is 1.58. The summed E-state index contributed by atoms with van der Waals surface area (Å²) in [7, 11) is 0. The fraction of sp³-hybridized carbons (Fsp3) is 0.421. The first kappa shape index (κ1) is 16.4. The number of para-hydroxylation sites is 1. The van der Waals surface area contributed by atoms with Crippen LogP contribution in [-0.2, 0) is 20.8 Å². The summed E-state index contributed by atoms with van der Waals surface area (Å²) in [4.78, 5) is 38.2. The van der Waals surface area contributed by atoms with E-state index in [-0.39, 0.29) is 42.5 Å². The van der Waals surface area contributed by atoms with Crippen molar-refractivity contribution in [2.75, 3.05) is 11.9 Å². The minimum atomic E-state index is -0.230. The molecule has 0 spiro atoms. The zero-order chi connectivity index (χ0) is 17.1. The molecule has 0 unspecified atom stereocenters. The first-order valence-corrected chi connectivity index (χ1v) is 8.49. The average molecular weight is 326 g/mol.